The molecule has 7 nitrogen and oxygen atoms in total. The van der Waals surface area contributed by atoms with Crippen LogP contribution in [-0.2, 0) is 4.79 Å². The fraction of sp³-hybridized carbons (Fsp3) is 0.143. The van der Waals surface area contributed by atoms with Crippen molar-refractivity contribution >= 4 is 34.5 Å². The van der Waals surface area contributed by atoms with E-state index in [9.17, 15) is 4.79 Å². The summed E-state index contributed by atoms with van der Waals surface area (Å²) in [7, 11) is 0. The Morgan fingerprint density at radius 1 is 1.27 bits per heavy atom. The average Bonchev–Trinajstić information content (AvgIpc) is 2.92. The zero-order valence-electron chi connectivity index (χ0n) is 11.8. The summed E-state index contributed by atoms with van der Waals surface area (Å²) in [4.78, 5) is 19.8. The molecule has 2 aromatic heterocycles. The van der Waals surface area contributed by atoms with Crippen LogP contribution in [0.15, 0.2) is 41.7 Å². The molecule has 2 heterocycles. The number of carbonyl (C=O) groups excluding carboxylic acids is 1. The minimum Gasteiger partial charge on any atom is -0.383 e. The van der Waals surface area contributed by atoms with Gasteiger partial charge < -0.3 is 11.5 Å². The molecular weight excluding hydrogens is 300 g/mol. The van der Waals surface area contributed by atoms with E-state index in [2.05, 4.69) is 15.1 Å². The van der Waals surface area contributed by atoms with Gasteiger partial charge in [-0.3, -0.25) is 4.79 Å². The van der Waals surface area contributed by atoms with Crippen LogP contribution < -0.4 is 11.5 Å². The molecule has 4 N–H and O–H groups in total. The minimum absolute atomic E-state index is 0.325. The van der Waals surface area contributed by atoms with Crippen LogP contribution in [0, 0.1) is 0 Å². The Balaban J connectivity index is 2.09. The fourth-order valence-electron chi connectivity index (χ4n) is 1.94. The van der Waals surface area contributed by atoms with E-state index in [1.807, 2.05) is 30.3 Å². The first-order valence-corrected chi connectivity index (χ1v) is 7.47. The summed E-state index contributed by atoms with van der Waals surface area (Å²) in [5, 5.41) is 4.94. The molecule has 3 rings (SSSR count). The molecule has 1 unspecified atom stereocenters. The zero-order chi connectivity index (χ0) is 15.7. The third kappa shape index (κ3) is 2.60. The van der Waals surface area contributed by atoms with Crippen LogP contribution in [0.25, 0.3) is 16.7 Å². The lowest BCUT2D eigenvalue weighted by Crippen LogP contribution is -2.22. The van der Waals surface area contributed by atoms with Gasteiger partial charge in [-0.15, -0.1) is 0 Å². The van der Waals surface area contributed by atoms with E-state index in [1.54, 1.807) is 17.8 Å². The second kappa shape index (κ2) is 5.64. The molecule has 0 radical (unpaired) electrons. The molecule has 0 fully saturated rings. The summed E-state index contributed by atoms with van der Waals surface area (Å²) in [5.41, 5.74) is 12.7. The molecule has 3 aromatic rings. The van der Waals surface area contributed by atoms with E-state index in [0.717, 1.165) is 5.69 Å². The van der Waals surface area contributed by atoms with Gasteiger partial charge in [-0.25, -0.2) is 14.6 Å². The van der Waals surface area contributed by atoms with Gasteiger partial charge in [-0.2, -0.15) is 5.10 Å². The van der Waals surface area contributed by atoms with Gasteiger partial charge in [0.15, 0.2) is 10.8 Å². The fourth-order valence-corrected chi connectivity index (χ4v) is 2.66. The molecule has 0 aliphatic heterocycles. The predicted octanol–water partition coefficient (Wildman–Crippen LogP) is 1.36. The first-order valence-electron chi connectivity index (χ1n) is 6.59. The smallest absolute Gasteiger partial charge is 0.230 e. The summed E-state index contributed by atoms with van der Waals surface area (Å²) in [6.07, 6.45) is 1.63. The number of benzene rings is 1. The van der Waals surface area contributed by atoms with Gasteiger partial charge in [0.2, 0.25) is 5.91 Å². The van der Waals surface area contributed by atoms with Crippen molar-refractivity contribution in [1.29, 1.82) is 0 Å². The Labute approximate surface area is 130 Å². The Morgan fingerprint density at radius 2 is 2.00 bits per heavy atom. The van der Waals surface area contributed by atoms with Crippen molar-refractivity contribution in [2.75, 3.05) is 5.73 Å². The number of nitrogens with two attached hydrogens (primary N) is 2. The topological polar surface area (TPSA) is 113 Å². The molecule has 1 amide bonds. The highest BCUT2D eigenvalue weighted by Crippen LogP contribution is 2.26. The minimum atomic E-state index is -0.440. The molecular formula is C14H14N6OS. The van der Waals surface area contributed by atoms with Crippen molar-refractivity contribution in [3.05, 3.63) is 36.5 Å². The second-order valence-electron chi connectivity index (χ2n) is 4.68. The molecule has 0 aliphatic carbocycles. The molecule has 112 valence electrons. The van der Waals surface area contributed by atoms with Crippen molar-refractivity contribution in [2.24, 2.45) is 5.73 Å². The predicted molar refractivity (Wildman–Crippen MR) is 85.6 cm³/mol. The number of para-hydroxylation sites is 1. The van der Waals surface area contributed by atoms with Gasteiger partial charge in [0.1, 0.15) is 5.82 Å². The van der Waals surface area contributed by atoms with Crippen molar-refractivity contribution in [2.45, 2.75) is 17.3 Å². The van der Waals surface area contributed by atoms with Gasteiger partial charge in [0.05, 0.1) is 22.5 Å². The summed E-state index contributed by atoms with van der Waals surface area (Å²) in [5.74, 6) is -0.102. The van der Waals surface area contributed by atoms with Gasteiger partial charge in [0, 0.05) is 0 Å². The van der Waals surface area contributed by atoms with Crippen LogP contribution in [0.5, 0.6) is 0 Å². The van der Waals surface area contributed by atoms with E-state index in [0.29, 0.717) is 22.0 Å². The number of hydrogen-bond donors (Lipinski definition) is 2. The van der Waals surface area contributed by atoms with Crippen molar-refractivity contribution in [3.8, 4) is 5.69 Å². The van der Waals surface area contributed by atoms with E-state index in [1.165, 1.54) is 11.8 Å². The molecule has 0 spiro atoms. The quantitative estimate of drug-likeness (QED) is 0.555. The number of fused-ring (bicyclic) bond motifs is 1. The van der Waals surface area contributed by atoms with Gasteiger partial charge in [-0.1, -0.05) is 30.0 Å². The number of primary amides is 1. The van der Waals surface area contributed by atoms with E-state index < -0.39 is 11.2 Å². The molecule has 22 heavy (non-hydrogen) atoms. The lowest BCUT2D eigenvalue weighted by Gasteiger charge is -2.07. The van der Waals surface area contributed by atoms with Crippen LogP contribution in [0.1, 0.15) is 6.92 Å². The number of aromatic nitrogens is 4. The number of thioether (sulfide) groups is 1. The lowest BCUT2D eigenvalue weighted by atomic mass is 10.3. The first-order chi connectivity index (χ1) is 10.6. The summed E-state index contributed by atoms with van der Waals surface area (Å²) in [6.45, 7) is 1.70. The number of carbonyl (C=O) groups is 1. The molecule has 0 saturated carbocycles. The van der Waals surface area contributed by atoms with Crippen LogP contribution in [0.3, 0.4) is 0 Å². The maximum absolute atomic E-state index is 11.2. The third-order valence-electron chi connectivity index (χ3n) is 3.12. The van der Waals surface area contributed by atoms with Crippen LogP contribution in [0.2, 0.25) is 0 Å². The number of hydrogen-bond acceptors (Lipinski definition) is 6. The van der Waals surface area contributed by atoms with E-state index in [-0.39, 0.29) is 0 Å². The molecule has 8 heteroatoms. The first kappa shape index (κ1) is 14.3. The number of nitrogen functional groups attached to an aromatic ring is 1. The van der Waals surface area contributed by atoms with Crippen LogP contribution in [0.4, 0.5) is 5.82 Å². The molecule has 0 aliphatic rings. The highest BCUT2D eigenvalue weighted by molar-refractivity contribution is 8.00. The Hall–Kier alpha value is -2.61. The zero-order valence-corrected chi connectivity index (χ0v) is 12.6. The number of nitrogens with zero attached hydrogens (tertiary/aromatic N) is 4. The summed E-state index contributed by atoms with van der Waals surface area (Å²) in [6, 6.07) is 9.60. The third-order valence-corrected chi connectivity index (χ3v) is 4.10. The lowest BCUT2D eigenvalue weighted by molar-refractivity contribution is -0.117. The average molecular weight is 314 g/mol. The summed E-state index contributed by atoms with van der Waals surface area (Å²) >= 11 is 1.17. The van der Waals surface area contributed by atoms with Crippen molar-refractivity contribution in [3.63, 3.8) is 0 Å². The molecule has 0 saturated heterocycles. The Kier molecular flexibility index (Phi) is 3.68. The van der Waals surface area contributed by atoms with E-state index >= 15 is 0 Å². The second-order valence-corrected chi connectivity index (χ2v) is 5.99. The standard InChI is InChI=1S/C14H14N6OS/c1-8(12(16)21)22-14-18-11(15)10-7-17-20(13(10)19-14)9-5-3-2-4-6-9/h2-8H,1H3,(H2,16,21)(H2,15,18,19). The van der Waals surface area contributed by atoms with Gasteiger partial charge in [0.25, 0.3) is 0 Å². The van der Waals surface area contributed by atoms with Crippen LogP contribution in [-0.4, -0.2) is 30.9 Å². The maximum atomic E-state index is 11.2. The van der Waals surface area contributed by atoms with Gasteiger partial charge >= 0.3 is 0 Å². The summed E-state index contributed by atoms with van der Waals surface area (Å²) < 4.78 is 1.69. The van der Waals surface area contributed by atoms with E-state index in [4.69, 9.17) is 11.5 Å². The highest BCUT2D eigenvalue weighted by Gasteiger charge is 2.16. The number of anilines is 1. The molecule has 1 atom stereocenters. The molecule has 1 aromatic carbocycles. The normalized spacial score (nSPS) is 12.4. The monoisotopic (exact) mass is 314 g/mol. The van der Waals surface area contributed by atoms with Gasteiger partial charge in [-0.05, 0) is 19.1 Å². The largest absolute Gasteiger partial charge is 0.383 e. The maximum Gasteiger partial charge on any atom is 0.230 e. The van der Waals surface area contributed by atoms with Crippen molar-refractivity contribution < 1.29 is 4.79 Å². The number of amides is 1. The highest BCUT2D eigenvalue weighted by atomic mass is 32.2. The SMILES string of the molecule is CC(Sc1nc(N)c2cnn(-c3ccccc3)c2n1)C(N)=O. The Bertz CT molecular complexity index is 832. The van der Waals surface area contributed by atoms with Crippen molar-refractivity contribution in [1.82, 2.24) is 19.7 Å². The Morgan fingerprint density at radius 3 is 2.68 bits per heavy atom. The molecule has 0 bridgehead atoms. The van der Waals surface area contributed by atoms with Crippen LogP contribution >= 0.6 is 11.8 Å². The number of rotatable bonds is 4.